The highest BCUT2D eigenvalue weighted by Crippen LogP contribution is 2.14. The summed E-state index contributed by atoms with van der Waals surface area (Å²) in [6, 6.07) is -0.472. The molecule has 0 unspecified atom stereocenters. The summed E-state index contributed by atoms with van der Waals surface area (Å²) < 4.78 is 9.61. The Labute approximate surface area is 89.9 Å². The summed E-state index contributed by atoms with van der Waals surface area (Å²) in [5, 5.41) is 0. The highest BCUT2D eigenvalue weighted by Gasteiger charge is 2.23. The van der Waals surface area contributed by atoms with E-state index in [0.717, 1.165) is 0 Å². The van der Waals surface area contributed by atoms with Crippen molar-refractivity contribution < 1.29 is 19.1 Å². The average Bonchev–Trinajstić information content (AvgIpc) is 2.09. The highest BCUT2D eigenvalue weighted by atomic mass is 16.5. The van der Waals surface area contributed by atoms with Crippen molar-refractivity contribution >= 4 is 11.9 Å². The fourth-order valence-electron chi connectivity index (χ4n) is 0.672. The van der Waals surface area contributed by atoms with Crippen LogP contribution in [0.4, 0.5) is 0 Å². The molecule has 0 aromatic rings. The van der Waals surface area contributed by atoms with Crippen molar-refractivity contribution in [2.24, 2.45) is 11.1 Å². The Hall–Kier alpha value is -1.10. The molecule has 0 aromatic heterocycles. The average molecular weight is 217 g/mol. The van der Waals surface area contributed by atoms with Gasteiger partial charge in [0, 0.05) is 6.92 Å². The molecule has 2 N–H and O–H groups in total. The molecular weight excluding hydrogens is 198 g/mol. The van der Waals surface area contributed by atoms with E-state index in [1.165, 1.54) is 6.92 Å². The third-order valence-corrected chi connectivity index (χ3v) is 1.54. The Morgan fingerprint density at radius 2 is 1.67 bits per heavy atom. The molecule has 0 rings (SSSR count). The van der Waals surface area contributed by atoms with Gasteiger partial charge >= 0.3 is 11.9 Å². The lowest BCUT2D eigenvalue weighted by atomic mass is 9.97. The summed E-state index contributed by atoms with van der Waals surface area (Å²) in [5.41, 5.74) is 5.02. The predicted molar refractivity (Wildman–Crippen MR) is 55.0 cm³/mol. The molecule has 0 aromatic carbocycles. The topological polar surface area (TPSA) is 78.6 Å². The first-order valence-electron chi connectivity index (χ1n) is 4.79. The maximum Gasteiger partial charge on any atom is 0.311 e. The largest absolute Gasteiger partial charge is 0.464 e. The minimum absolute atomic E-state index is 0.0589. The Morgan fingerprint density at radius 3 is 2.07 bits per heavy atom. The lowest BCUT2D eigenvalue weighted by Crippen LogP contribution is -2.35. The van der Waals surface area contributed by atoms with Gasteiger partial charge in [0.15, 0.2) is 0 Å². The fourth-order valence-corrected chi connectivity index (χ4v) is 0.672. The van der Waals surface area contributed by atoms with Gasteiger partial charge in [-0.2, -0.15) is 0 Å². The number of carbonyl (C=O) groups is 2. The van der Waals surface area contributed by atoms with Crippen molar-refractivity contribution in [1.29, 1.82) is 0 Å². The summed E-state index contributed by atoms with van der Waals surface area (Å²) in [6.45, 7) is 6.69. The smallest absolute Gasteiger partial charge is 0.311 e. The molecule has 88 valence electrons. The van der Waals surface area contributed by atoms with Gasteiger partial charge in [0.1, 0.15) is 13.2 Å². The highest BCUT2D eigenvalue weighted by molar-refractivity contribution is 5.75. The summed E-state index contributed by atoms with van der Waals surface area (Å²) >= 11 is 0. The molecule has 15 heavy (non-hydrogen) atoms. The van der Waals surface area contributed by atoms with Crippen LogP contribution in [0.3, 0.4) is 0 Å². The molecule has 0 saturated carbocycles. The Balaban J connectivity index is 3.76. The van der Waals surface area contributed by atoms with E-state index in [2.05, 4.69) is 4.74 Å². The Bertz CT molecular complexity index is 232. The quantitative estimate of drug-likeness (QED) is 0.692. The number of nitrogens with two attached hydrogens (primary N) is 1. The van der Waals surface area contributed by atoms with Crippen molar-refractivity contribution in [2.75, 3.05) is 13.2 Å². The first-order valence-corrected chi connectivity index (χ1v) is 4.79. The lowest BCUT2D eigenvalue weighted by molar-refractivity contribution is -0.154. The molecule has 0 saturated heterocycles. The second-order valence-electron chi connectivity index (χ2n) is 4.41. The van der Waals surface area contributed by atoms with Crippen LogP contribution >= 0.6 is 0 Å². The molecule has 5 nitrogen and oxygen atoms in total. The van der Waals surface area contributed by atoms with Crippen molar-refractivity contribution in [3.8, 4) is 0 Å². The molecule has 0 amide bonds. The minimum atomic E-state index is -0.541. The monoisotopic (exact) mass is 217 g/mol. The summed E-state index contributed by atoms with van der Waals surface area (Å²) in [7, 11) is 0. The SMILES string of the molecule is CC(=O)OC[C@@H](N)COC(=O)C(C)(C)C. The van der Waals surface area contributed by atoms with Crippen LogP contribution in [0.1, 0.15) is 27.7 Å². The molecule has 0 aliphatic carbocycles. The van der Waals surface area contributed by atoms with Gasteiger partial charge in [-0.25, -0.2) is 0 Å². The van der Waals surface area contributed by atoms with E-state index in [-0.39, 0.29) is 19.2 Å². The van der Waals surface area contributed by atoms with Gasteiger partial charge in [0.25, 0.3) is 0 Å². The van der Waals surface area contributed by atoms with Gasteiger partial charge in [0.05, 0.1) is 11.5 Å². The minimum Gasteiger partial charge on any atom is -0.464 e. The lowest BCUT2D eigenvalue weighted by Gasteiger charge is -2.18. The van der Waals surface area contributed by atoms with Gasteiger partial charge in [-0.1, -0.05) is 0 Å². The zero-order valence-corrected chi connectivity index (χ0v) is 9.70. The van der Waals surface area contributed by atoms with Gasteiger partial charge in [-0.15, -0.1) is 0 Å². The standard InChI is InChI=1S/C10H19NO4/c1-7(12)14-5-8(11)6-15-9(13)10(2,3)4/h8H,5-6,11H2,1-4H3/t8-/m1/s1. The maximum atomic E-state index is 11.3. The molecule has 0 aliphatic rings. The Kier molecular flexibility index (Phi) is 5.28. The molecule has 1 atom stereocenters. The maximum absolute atomic E-state index is 11.3. The van der Waals surface area contributed by atoms with Crippen LogP contribution in [-0.4, -0.2) is 31.2 Å². The van der Waals surface area contributed by atoms with Crippen molar-refractivity contribution in [2.45, 2.75) is 33.7 Å². The molecule has 5 heteroatoms. The van der Waals surface area contributed by atoms with Gasteiger partial charge in [0.2, 0.25) is 0 Å². The summed E-state index contributed by atoms with van der Waals surface area (Å²) in [4.78, 5) is 21.8. The summed E-state index contributed by atoms with van der Waals surface area (Å²) in [5.74, 6) is -0.714. The van der Waals surface area contributed by atoms with E-state index in [0.29, 0.717) is 0 Å². The Morgan fingerprint density at radius 1 is 1.20 bits per heavy atom. The van der Waals surface area contributed by atoms with Crippen LogP contribution in [0.5, 0.6) is 0 Å². The van der Waals surface area contributed by atoms with Crippen LogP contribution < -0.4 is 5.73 Å². The van der Waals surface area contributed by atoms with Crippen molar-refractivity contribution in [1.82, 2.24) is 0 Å². The number of hydrogen-bond donors (Lipinski definition) is 1. The van der Waals surface area contributed by atoms with Crippen LogP contribution in [0.2, 0.25) is 0 Å². The first kappa shape index (κ1) is 13.9. The number of esters is 2. The normalized spacial score (nSPS) is 13.1. The van der Waals surface area contributed by atoms with Crippen LogP contribution in [-0.2, 0) is 19.1 Å². The molecule has 0 spiro atoms. The second kappa shape index (κ2) is 5.70. The number of carbonyl (C=O) groups excluding carboxylic acids is 2. The number of ether oxygens (including phenoxy) is 2. The van der Waals surface area contributed by atoms with E-state index >= 15 is 0 Å². The zero-order chi connectivity index (χ0) is 12.1. The molecular formula is C10H19NO4. The molecule has 0 radical (unpaired) electrons. The summed E-state index contributed by atoms with van der Waals surface area (Å²) in [6.07, 6.45) is 0. The zero-order valence-electron chi connectivity index (χ0n) is 9.70. The third-order valence-electron chi connectivity index (χ3n) is 1.54. The number of rotatable bonds is 4. The van der Waals surface area contributed by atoms with E-state index in [4.69, 9.17) is 10.5 Å². The van der Waals surface area contributed by atoms with E-state index < -0.39 is 17.4 Å². The van der Waals surface area contributed by atoms with Gasteiger partial charge < -0.3 is 15.2 Å². The van der Waals surface area contributed by atoms with Crippen LogP contribution in [0.15, 0.2) is 0 Å². The van der Waals surface area contributed by atoms with Crippen LogP contribution in [0, 0.1) is 5.41 Å². The van der Waals surface area contributed by atoms with Gasteiger partial charge in [-0.05, 0) is 20.8 Å². The van der Waals surface area contributed by atoms with Crippen molar-refractivity contribution in [3.05, 3.63) is 0 Å². The second-order valence-corrected chi connectivity index (χ2v) is 4.41. The molecule has 0 aliphatic heterocycles. The first-order chi connectivity index (χ1) is 6.73. The van der Waals surface area contributed by atoms with E-state index in [1.54, 1.807) is 20.8 Å². The van der Waals surface area contributed by atoms with E-state index in [1.807, 2.05) is 0 Å². The third kappa shape index (κ3) is 6.90. The molecule has 0 fully saturated rings. The molecule has 0 bridgehead atoms. The van der Waals surface area contributed by atoms with Crippen LogP contribution in [0.25, 0.3) is 0 Å². The number of hydrogen-bond acceptors (Lipinski definition) is 5. The fraction of sp³-hybridized carbons (Fsp3) is 0.800. The van der Waals surface area contributed by atoms with Gasteiger partial charge in [-0.3, -0.25) is 9.59 Å². The van der Waals surface area contributed by atoms with E-state index in [9.17, 15) is 9.59 Å². The van der Waals surface area contributed by atoms with Crippen molar-refractivity contribution in [3.63, 3.8) is 0 Å². The predicted octanol–water partition coefficient (Wildman–Crippen LogP) is 0.466. The molecule has 0 heterocycles.